The standard InChI is InChI=1S/C53H102O6/c1-6-7-8-9-10-11-12-18-23-28-33-38-43-51(54)57-46-50(59-53(56)45-40-35-30-25-20-15-17-22-27-32-37-42-49(4)5)47-58-52(55)44-39-34-29-24-19-14-13-16-21-26-31-36-41-48(2)3/h48-50H,6-47H2,1-5H3/t50-/m0/s1. The minimum absolute atomic E-state index is 0.0635. The average molecular weight is 835 g/mol. The Hall–Kier alpha value is -1.59. The molecule has 0 aromatic rings. The number of unbranched alkanes of at least 4 members (excludes halogenated alkanes) is 32. The van der Waals surface area contributed by atoms with Crippen molar-refractivity contribution in [2.45, 2.75) is 298 Å². The molecule has 0 aromatic heterocycles. The predicted molar refractivity (Wildman–Crippen MR) is 252 cm³/mol. The van der Waals surface area contributed by atoms with Crippen LogP contribution < -0.4 is 0 Å². The zero-order valence-corrected chi connectivity index (χ0v) is 40.4. The molecule has 0 N–H and O–H groups in total. The molecule has 59 heavy (non-hydrogen) atoms. The Morgan fingerprint density at radius 3 is 0.831 bits per heavy atom. The highest BCUT2D eigenvalue weighted by Crippen LogP contribution is 2.17. The van der Waals surface area contributed by atoms with E-state index < -0.39 is 6.10 Å². The van der Waals surface area contributed by atoms with Crippen LogP contribution in [0.25, 0.3) is 0 Å². The van der Waals surface area contributed by atoms with Gasteiger partial charge in [0.05, 0.1) is 0 Å². The number of hydrogen-bond donors (Lipinski definition) is 0. The second-order valence-electron chi connectivity index (χ2n) is 19.1. The summed E-state index contributed by atoms with van der Waals surface area (Å²) in [6.07, 6.45) is 46.5. The van der Waals surface area contributed by atoms with Crippen molar-refractivity contribution in [1.82, 2.24) is 0 Å². The molecule has 6 nitrogen and oxygen atoms in total. The molecule has 0 amide bonds. The van der Waals surface area contributed by atoms with Crippen molar-refractivity contribution in [3.8, 4) is 0 Å². The number of ether oxygens (including phenoxy) is 3. The van der Waals surface area contributed by atoms with E-state index in [1.807, 2.05) is 0 Å². The van der Waals surface area contributed by atoms with Crippen LogP contribution in [0.5, 0.6) is 0 Å². The van der Waals surface area contributed by atoms with Crippen LogP contribution in [0, 0.1) is 11.8 Å². The number of rotatable bonds is 47. The van der Waals surface area contributed by atoms with E-state index in [2.05, 4.69) is 34.6 Å². The minimum atomic E-state index is -0.761. The summed E-state index contributed by atoms with van der Waals surface area (Å²) in [6, 6.07) is 0. The van der Waals surface area contributed by atoms with Gasteiger partial charge in [-0.25, -0.2) is 0 Å². The van der Waals surface area contributed by atoms with Crippen molar-refractivity contribution in [3.63, 3.8) is 0 Å². The number of carbonyl (C=O) groups excluding carboxylic acids is 3. The predicted octanol–water partition coefficient (Wildman–Crippen LogP) is 16.9. The monoisotopic (exact) mass is 835 g/mol. The van der Waals surface area contributed by atoms with Crippen molar-refractivity contribution in [3.05, 3.63) is 0 Å². The first-order chi connectivity index (χ1) is 28.7. The van der Waals surface area contributed by atoms with Gasteiger partial charge in [0.25, 0.3) is 0 Å². The lowest BCUT2D eigenvalue weighted by molar-refractivity contribution is -0.167. The van der Waals surface area contributed by atoms with Gasteiger partial charge in [-0.1, -0.05) is 253 Å². The molecule has 350 valence electrons. The Morgan fingerprint density at radius 1 is 0.322 bits per heavy atom. The quantitative estimate of drug-likeness (QED) is 0.0345. The van der Waals surface area contributed by atoms with Gasteiger partial charge >= 0.3 is 17.9 Å². The molecule has 0 unspecified atom stereocenters. The normalized spacial score (nSPS) is 12.1. The van der Waals surface area contributed by atoms with Crippen LogP contribution in [-0.4, -0.2) is 37.2 Å². The largest absolute Gasteiger partial charge is 0.462 e. The summed E-state index contributed by atoms with van der Waals surface area (Å²) < 4.78 is 16.8. The second-order valence-corrected chi connectivity index (χ2v) is 19.1. The summed E-state index contributed by atoms with van der Waals surface area (Å²) in [6.45, 7) is 11.4. The lowest BCUT2D eigenvalue weighted by Gasteiger charge is -2.18. The van der Waals surface area contributed by atoms with Gasteiger partial charge in [-0.15, -0.1) is 0 Å². The molecule has 0 aromatic carbocycles. The van der Waals surface area contributed by atoms with E-state index in [4.69, 9.17) is 14.2 Å². The summed E-state index contributed by atoms with van der Waals surface area (Å²) in [5.74, 6) is 0.812. The Bertz CT molecular complexity index is 900. The smallest absolute Gasteiger partial charge is 0.306 e. The van der Waals surface area contributed by atoms with Gasteiger partial charge in [0.15, 0.2) is 6.10 Å². The van der Waals surface area contributed by atoms with Crippen molar-refractivity contribution in [2.75, 3.05) is 13.2 Å². The third-order valence-electron chi connectivity index (χ3n) is 12.0. The van der Waals surface area contributed by atoms with Crippen LogP contribution >= 0.6 is 0 Å². The summed E-state index contributed by atoms with van der Waals surface area (Å²) >= 11 is 0. The fourth-order valence-electron chi connectivity index (χ4n) is 7.99. The Kier molecular flexibility index (Phi) is 44.7. The maximum absolute atomic E-state index is 12.8. The van der Waals surface area contributed by atoms with Crippen LogP contribution in [-0.2, 0) is 28.6 Å². The summed E-state index contributed by atoms with van der Waals surface area (Å²) in [4.78, 5) is 37.9. The van der Waals surface area contributed by atoms with Crippen molar-refractivity contribution in [1.29, 1.82) is 0 Å². The molecule has 0 heterocycles. The zero-order chi connectivity index (χ0) is 43.3. The zero-order valence-electron chi connectivity index (χ0n) is 40.4. The van der Waals surface area contributed by atoms with Gasteiger partial charge in [0.1, 0.15) is 13.2 Å². The molecule has 6 heteroatoms. The lowest BCUT2D eigenvalue weighted by Crippen LogP contribution is -2.30. The molecule has 0 aliphatic heterocycles. The third-order valence-corrected chi connectivity index (χ3v) is 12.0. The van der Waals surface area contributed by atoms with Crippen LogP contribution in [0.2, 0.25) is 0 Å². The molecule has 0 radical (unpaired) electrons. The Labute approximate surface area is 368 Å². The molecule has 0 saturated carbocycles. The molecule has 0 aliphatic rings. The number of carbonyl (C=O) groups is 3. The highest BCUT2D eigenvalue weighted by molar-refractivity contribution is 5.71. The van der Waals surface area contributed by atoms with Crippen molar-refractivity contribution < 1.29 is 28.6 Å². The van der Waals surface area contributed by atoms with Crippen LogP contribution in [0.3, 0.4) is 0 Å². The fraction of sp³-hybridized carbons (Fsp3) is 0.943. The van der Waals surface area contributed by atoms with E-state index in [1.165, 1.54) is 180 Å². The molecular weight excluding hydrogens is 733 g/mol. The second kappa shape index (κ2) is 45.9. The molecule has 0 fully saturated rings. The number of hydrogen-bond acceptors (Lipinski definition) is 6. The van der Waals surface area contributed by atoms with E-state index in [-0.39, 0.29) is 31.1 Å². The van der Waals surface area contributed by atoms with Gasteiger partial charge in [-0.05, 0) is 31.1 Å². The highest BCUT2D eigenvalue weighted by Gasteiger charge is 2.19. The highest BCUT2D eigenvalue weighted by atomic mass is 16.6. The first-order valence-corrected chi connectivity index (χ1v) is 26.2. The lowest BCUT2D eigenvalue weighted by atomic mass is 10.0. The Morgan fingerprint density at radius 2 is 0.559 bits per heavy atom. The Balaban J connectivity index is 4.31. The summed E-state index contributed by atoms with van der Waals surface area (Å²) in [5, 5.41) is 0. The van der Waals surface area contributed by atoms with E-state index in [0.29, 0.717) is 19.3 Å². The van der Waals surface area contributed by atoms with Crippen LogP contribution in [0.1, 0.15) is 291 Å². The van der Waals surface area contributed by atoms with Gasteiger partial charge in [0.2, 0.25) is 0 Å². The van der Waals surface area contributed by atoms with E-state index in [0.717, 1.165) is 69.6 Å². The topological polar surface area (TPSA) is 78.9 Å². The maximum Gasteiger partial charge on any atom is 0.306 e. The summed E-state index contributed by atoms with van der Waals surface area (Å²) in [5.41, 5.74) is 0. The van der Waals surface area contributed by atoms with Gasteiger partial charge in [0, 0.05) is 19.3 Å². The molecular formula is C53H102O6. The first kappa shape index (κ1) is 57.4. The molecule has 1 atom stereocenters. The molecule has 0 saturated heterocycles. The van der Waals surface area contributed by atoms with Gasteiger partial charge in [-0.2, -0.15) is 0 Å². The van der Waals surface area contributed by atoms with E-state index in [1.54, 1.807) is 0 Å². The maximum atomic E-state index is 12.8. The molecule has 0 rings (SSSR count). The number of esters is 3. The minimum Gasteiger partial charge on any atom is -0.462 e. The van der Waals surface area contributed by atoms with Crippen LogP contribution in [0.4, 0.5) is 0 Å². The molecule has 0 spiro atoms. The SMILES string of the molecule is CCCCCCCCCCCCCCC(=O)OC[C@@H](COC(=O)CCCCCCCCCCCCCCC(C)C)OC(=O)CCCCCCCCCCCCCC(C)C. The third kappa shape index (κ3) is 47.3. The van der Waals surface area contributed by atoms with E-state index >= 15 is 0 Å². The summed E-state index contributed by atoms with van der Waals surface area (Å²) in [7, 11) is 0. The van der Waals surface area contributed by atoms with Crippen LogP contribution in [0.15, 0.2) is 0 Å². The van der Waals surface area contributed by atoms with Gasteiger partial charge < -0.3 is 14.2 Å². The van der Waals surface area contributed by atoms with Crippen molar-refractivity contribution >= 4 is 17.9 Å². The molecule has 0 bridgehead atoms. The van der Waals surface area contributed by atoms with Crippen molar-refractivity contribution in [2.24, 2.45) is 11.8 Å². The first-order valence-electron chi connectivity index (χ1n) is 26.2. The fourth-order valence-corrected chi connectivity index (χ4v) is 7.99. The van der Waals surface area contributed by atoms with E-state index in [9.17, 15) is 14.4 Å². The van der Waals surface area contributed by atoms with Gasteiger partial charge in [-0.3, -0.25) is 14.4 Å². The molecule has 0 aliphatic carbocycles. The average Bonchev–Trinajstić information content (AvgIpc) is 3.20.